The molecule has 0 aliphatic heterocycles. The molecule has 0 saturated heterocycles. The first kappa shape index (κ1) is 14.5. The molecule has 0 saturated carbocycles. The van der Waals surface area contributed by atoms with E-state index in [0.717, 1.165) is 15.7 Å². The molecule has 1 amide bonds. The van der Waals surface area contributed by atoms with E-state index >= 15 is 0 Å². The van der Waals surface area contributed by atoms with Crippen molar-refractivity contribution in [3.63, 3.8) is 0 Å². The summed E-state index contributed by atoms with van der Waals surface area (Å²) in [6.07, 6.45) is 1.66. The molecule has 0 spiro atoms. The molecule has 0 bridgehead atoms. The molecule has 0 fully saturated rings. The summed E-state index contributed by atoms with van der Waals surface area (Å²) in [6.45, 7) is 4.66. The monoisotopic (exact) mass is 333 g/mol. The topological polar surface area (TPSA) is 54.0 Å². The van der Waals surface area contributed by atoms with Crippen molar-refractivity contribution in [3.05, 3.63) is 52.1 Å². The predicted molar refractivity (Wildman–Crippen MR) is 85.2 cm³/mol. The van der Waals surface area contributed by atoms with Gasteiger partial charge >= 0.3 is 0 Å². The summed E-state index contributed by atoms with van der Waals surface area (Å²) in [5, 5.41) is 5.99. The van der Waals surface area contributed by atoms with E-state index in [1.165, 1.54) is 0 Å². The van der Waals surface area contributed by atoms with Crippen molar-refractivity contribution in [2.24, 2.45) is 0 Å². The number of carbonyl (C=O) groups excluding carboxylic acids is 1. The highest BCUT2D eigenvalue weighted by molar-refractivity contribution is 9.10. The first-order chi connectivity index (χ1) is 9.61. The molecule has 1 aromatic heterocycles. The number of aryl methyl sites for hydroxylation is 1. The van der Waals surface area contributed by atoms with Gasteiger partial charge in [0.2, 0.25) is 0 Å². The zero-order valence-electron chi connectivity index (χ0n) is 11.4. The molecule has 2 rings (SSSR count). The summed E-state index contributed by atoms with van der Waals surface area (Å²) in [5.41, 5.74) is 2.37. The first-order valence-electron chi connectivity index (χ1n) is 6.38. The van der Waals surface area contributed by atoms with Crippen LogP contribution in [0.2, 0.25) is 0 Å². The summed E-state index contributed by atoms with van der Waals surface area (Å²) in [5.74, 6) is 0.414. The minimum absolute atomic E-state index is 0.180. The van der Waals surface area contributed by atoms with Gasteiger partial charge in [-0.15, -0.1) is 0 Å². The van der Waals surface area contributed by atoms with Crippen LogP contribution in [0.25, 0.3) is 0 Å². The molecule has 0 unspecified atom stereocenters. The Bertz CT molecular complexity index is 628. The van der Waals surface area contributed by atoms with Crippen molar-refractivity contribution < 1.29 is 4.79 Å². The lowest BCUT2D eigenvalue weighted by atomic mass is 10.2. The van der Waals surface area contributed by atoms with Crippen molar-refractivity contribution in [2.75, 3.05) is 17.2 Å². The summed E-state index contributed by atoms with van der Waals surface area (Å²) in [6, 6.07) is 9.32. The molecule has 5 heteroatoms. The summed E-state index contributed by atoms with van der Waals surface area (Å²) in [7, 11) is 0. The second-order valence-corrected chi connectivity index (χ2v) is 5.22. The van der Waals surface area contributed by atoms with Crippen molar-refractivity contribution in [1.82, 2.24) is 4.98 Å². The average Bonchev–Trinajstić information content (AvgIpc) is 2.44. The third kappa shape index (κ3) is 3.36. The Hall–Kier alpha value is -1.88. The van der Waals surface area contributed by atoms with Crippen LogP contribution < -0.4 is 10.6 Å². The van der Waals surface area contributed by atoms with Gasteiger partial charge in [-0.1, -0.05) is 6.07 Å². The van der Waals surface area contributed by atoms with E-state index < -0.39 is 0 Å². The van der Waals surface area contributed by atoms with E-state index in [2.05, 4.69) is 31.5 Å². The lowest BCUT2D eigenvalue weighted by Crippen LogP contribution is -2.16. The minimum atomic E-state index is -0.180. The van der Waals surface area contributed by atoms with Crippen LogP contribution in [-0.4, -0.2) is 17.4 Å². The van der Waals surface area contributed by atoms with Crippen LogP contribution in [0.3, 0.4) is 0 Å². The zero-order chi connectivity index (χ0) is 14.5. The second kappa shape index (κ2) is 6.52. The van der Waals surface area contributed by atoms with Crippen LogP contribution in [-0.2, 0) is 0 Å². The van der Waals surface area contributed by atoms with Gasteiger partial charge in [0, 0.05) is 17.2 Å². The van der Waals surface area contributed by atoms with Gasteiger partial charge in [-0.05, 0) is 59.6 Å². The number of amides is 1. The maximum atomic E-state index is 12.4. The standard InChI is InChI=1S/C15H16BrN3O/c1-3-17-14-11(5-4-8-18-14)15(20)19-13-9-10(2)6-7-12(13)16/h4-9H,3H2,1-2H3,(H,17,18)(H,19,20). The third-order valence-corrected chi connectivity index (χ3v) is 3.46. The summed E-state index contributed by atoms with van der Waals surface area (Å²) >= 11 is 3.43. The first-order valence-corrected chi connectivity index (χ1v) is 7.17. The highest BCUT2D eigenvalue weighted by Crippen LogP contribution is 2.24. The number of pyridine rings is 1. The van der Waals surface area contributed by atoms with E-state index in [9.17, 15) is 4.79 Å². The minimum Gasteiger partial charge on any atom is -0.370 e. The van der Waals surface area contributed by atoms with Gasteiger partial charge in [-0.25, -0.2) is 4.98 Å². The number of carbonyl (C=O) groups is 1. The van der Waals surface area contributed by atoms with Gasteiger partial charge in [0.05, 0.1) is 11.3 Å². The SMILES string of the molecule is CCNc1ncccc1C(=O)Nc1cc(C)ccc1Br. The quantitative estimate of drug-likeness (QED) is 0.893. The summed E-state index contributed by atoms with van der Waals surface area (Å²) in [4.78, 5) is 16.5. The van der Waals surface area contributed by atoms with E-state index in [-0.39, 0.29) is 5.91 Å². The highest BCUT2D eigenvalue weighted by atomic mass is 79.9. The fourth-order valence-corrected chi connectivity index (χ4v) is 2.17. The third-order valence-electron chi connectivity index (χ3n) is 2.77. The van der Waals surface area contributed by atoms with Crippen LogP contribution >= 0.6 is 15.9 Å². The second-order valence-electron chi connectivity index (χ2n) is 4.37. The normalized spacial score (nSPS) is 10.2. The van der Waals surface area contributed by atoms with Gasteiger partial charge in [0.1, 0.15) is 5.82 Å². The Kier molecular flexibility index (Phi) is 4.74. The lowest BCUT2D eigenvalue weighted by Gasteiger charge is -2.11. The number of nitrogens with one attached hydrogen (secondary N) is 2. The van der Waals surface area contributed by atoms with Crippen molar-refractivity contribution in [2.45, 2.75) is 13.8 Å². The Morgan fingerprint density at radius 3 is 2.90 bits per heavy atom. The van der Waals surface area contributed by atoms with Crippen molar-refractivity contribution in [3.8, 4) is 0 Å². The molecule has 104 valence electrons. The van der Waals surface area contributed by atoms with Gasteiger partial charge in [-0.3, -0.25) is 4.79 Å². The molecule has 1 aromatic carbocycles. The van der Waals surface area contributed by atoms with Crippen LogP contribution in [0.4, 0.5) is 11.5 Å². The van der Waals surface area contributed by atoms with Gasteiger partial charge in [0.15, 0.2) is 0 Å². The Balaban J connectivity index is 2.26. The van der Waals surface area contributed by atoms with E-state index in [1.54, 1.807) is 18.3 Å². The Morgan fingerprint density at radius 1 is 1.35 bits per heavy atom. The molecule has 20 heavy (non-hydrogen) atoms. The number of benzene rings is 1. The van der Waals surface area contributed by atoms with Crippen molar-refractivity contribution in [1.29, 1.82) is 0 Å². The zero-order valence-corrected chi connectivity index (χ0v) is 13.0. The van der Waals surface area contributed by atoms with E-state index in [1.807, 2.05) is 32.0 Å². The molecule has 0 aliphatic rings. The van der Waals surface area contributed by atoms with Gasteiger partial charge < -0.3 is 10.6 Å². The number of rotatable bonds is 4. The van der Waals surface area contributed by atoms with Crippen LogP contribution in [0.5, 0.6) is 0 Å². The Labute approximate surface area is 126 Å². The number of aromatic nitrogens is 1. The fraction of sp³-hybridized carbons (Fsp3) is 0.200. The molecule has 1 heterocycles. The maximum Gasteiger partial charge on any atom is 0.259 e. The van der Waals surface area contributed by atoms with Crippen LogP contribution in [0, 0.1) is 6.92 Å². The van der Waals surface area contributed by atoms with Crippen molar-refractivity contribution >= 4 is 33.3 Å². The largest absolute Gasteiger partial charge is 0.370 e. The Morgan fingerprint density at radius 2 is 2.15 bits per heavy atom. The average molecular weight is 334 g/mol. The number of hydrogen-bond donors (Lipinski definition) is 2. The molecule has 0 radical (unpaired) electrons. The number of halogens is 1. The smallest absolute Gasteiger partial charge is 0.259 e. The number of anilines is 2. The highest BCUT2D eigenvalue weighted by Gasteiger charge is 2.13. The maximum absolute atomic E-state index is 12.4. The van der Waals surface area contributed by atoms with Gasteiger partial charge in [-0.2, -0.15) is 0 Å². The van der Waals surface area contributed by atoms with E-state index in [4.69, 9.17) is 0 Å². The van der Waals surface area contributed by atoms with E-state index in [0.29, 0.717) is 17.9 Å². The lowest BCUT2D eigenvalue weighted by molar-refractivity contribution is 0.102. The molecule has 0 aliphatic carbocycles. The molecule has 2 N–H and O–H groups in total. The van der Waals surface area contributed by atoms with Crippen LogP contribution in [0.15, 0.2) is 41.0 Å². The van der Waals surface area contributed by atoms with Crippen LogP contribution in [0.1, 0.15) is 22.8 Å². The fourth-order valence-electron chi connectivity index (χ4n) is 1.82. The molecule has 2 aromatic rings. The molecular formula is C15H16BrN3O. The number of hydrogen-bond acceptors (Lipinski definition) is 3. The predicted octanol–water partition coefficient (Wildman–Crippen LogP) is 3.84. The molecule has 4 nitrogen and oxygen atoms in total. The molecular weight excluding hydrogens is 318 g/mol. The van der Waals surface area contributed by atoms with Gasteiger partial charge in [0.25, 0.3) is 5.91 Å². The summed E-state index contributed by atoms with van der Waals surface area (Å²) < 4.78 is 0.852. The number of nitrogens with zero attached hydrogens (tertiary/aromatic N) is 1. The molecule has 0 atom stereocenters.